The Morgan fingerprint density at radius 3 is 2.23 bits per heavy atom. The van der Waals surface area contributed by atoms with E-state index in [1.54, 1.807) is 6.08 Å². The van der Waals surface area contributed by atoms with Crippen molar-refractivity contribution in [2.75, 3.05) is 6.54 Å². The molecule has 0 heterocycles. The number of hydrogen-bond acceptors (Lipinski definition) is 4. The van der Waals surface area contributed by atoms with E-state index in [1.165, 1.54) is 0 Å². The number of esters is 1. The molecule has 4 nitrogen and oxygen atoms in total. The van der Waals surface area contributed by atoms with Crippen molar-refractivity contribution in [3.63, 3.8) is 0 Å². The number of aliphatic hydroxyl groups is 1. The van der Waals surface area contributed by atoms with Gasteiger partial charge in [0, 0.05) is 0 Å². The van der Waals surface area contributed by atoms with Gasteiger partial charge in [0.2, 0.25) is 0 Å². The van der Waals surface area contributed by atoms with E-state index >= 15 is 0 Å². The second-order valence-corrected chi connectivity index (χ2v) is 6.76. The van der Waals surface area contributed by atoms with Gasteiger partial charge in [-0.05, 0) is 78.5 Å². The average molecular weight is 311 g/mol. The summed E-state index contributed by atoms with van der Waals surface area (Å²) >= 11 is 0. The SMILES string of the molecule is CC=C(C)C(O)(CCCCN)C(C)=CCC(=O)OC(C)(C)C. The standard InChI is InChI=1S/C18H33NO3/c1-7-14(2)18(21,12-8-9-13-19)15(3)10-11-16(20)22-17(4,5)6/h7,10,21H,8-9,11-13,19H2,1-6H3. The highest BCUT2D eigenvalue weighted by Gasteiger charge is 2.30. The van der Waals surface area contributed by atoms with E-state index < -0.39 is 11.2 Å². The summed E-state index contributed by atoms with van der Waals surface area (Å²) in [6.45, 7) is 11.8. The van der Waals surface area contributed by atoms with E-state index in [0.717, 1.165) is 24.0 Å². The lowest BCUT2D eigenvalue weighted by Gasteiger charge is -2.31. The van der Waals surface area contributed by atoms with E-state index in [1.807, 2.05) is 47.6 Å². The van der Waals surface area contributed by atoms with Gasteiger partial charge in [-0.25, -0.2) is 0 Å². The summed E-state index contributed by atoms with van der Waals surface area (Å²) in [6, 6.07) is 0. The minimum absolute atomic E-state index is 0.166. The minimum Gasteiger partial charge on any atom is -0.460 e. The quantitative estimate of drug-likeness (QED) is 0.409. The Morgan fingerprint density at radius 2 is 1.77 bits per heavy atom. The van der Waals surface area contributed by atoms with Crippen LogP contribution in [0.15, 0.2) is 23.3 Å². The van der Waals surface area contributed by atoms with Gasteiger partial charge in [-0.1, -0.05) is 12.2 Å². The fourth-order valence-electron chi connectivity index (χ4n) is 2.26. The number of carbonyl (C=O) groups excluding carboxylic acids is 1. The maximum Gasteiger partial charge on any atom is 0.310 e. The summed E-state index contributed by atoms with van der Waals surface area (Å²) in [4.78, 5) is 11.8. The highest BCUT2D eigenvalue weighted by atomic mass is 16.6. The second kappa shape index (κ2) is 9.11. The maximum atomic E-state index is 11.8. The summed E-state index contributed by atoms with van der Waals surface area (Å²) in [7, 11) is 0. The number of nitrogens with two attached hydrogens (primary N) is 1. The number of ether oxygens (including phenoxy) is 1. The average Bonchev–Trinajstić information content (AvgIpc) is 2.41. The summed E-state index contributed by atoms with van der Waals surface area (Å²) < 4.78 is 5.29. The number of carbonyl (C=O) groups is 1. The largest absolute Gasteiger partial charge is 0.460 e. The first-order valence-corrected chi connectivity index (χ1v) is 8.01. The van der Waals surface area contributed by atoms with E-state index in [4.69, 9.17) is 10.5 Å². The molecule has 4 heteroatoms. The van der Waals surface area contributed by atoms with Crippen LogP contribution in [0, 0.1) is 0 Å². The summed E-state index contributed by atoms with van der Waals surface area (Å²) in [6.07, 6.45) is 6.17. The molecule has 0 aliphatic carbocycles. The van der Waals surface area contributed by atoms with Crippen molar-refractivity contribution in [3.8, 4) is 0 Å². The molecule has 22 heavy (non-hydrogen) atoms. The number of rotatable bonds is 8. The fraction of sp³-hybridized carbons (Fsp3) is 0.722. The summed E-state index contributed by atoms with van der Waals surface area (Å²) in [5, 5.41) is 11.0. The van der Waals surface area contributed by atoms with Crippen LogP contribution < -0.4 is 5.73 Å². The zero-order valence-electron chi connectivity index (χ0n) is 15.0. The first-order valence-electron chi connectivity index (χ1n) is 8.01. The Hall–Kier alpha value is -1.13. The van der Waals surface area contributed by atoms with Gasteiger partial charge in [0.25, 0.3) is 0 Å². The van der Waals surface area contributed by atoms with Crippen LogP contribution >= 0.6 is 0 Å². The van der Waals surface area contributed by atoms with Gasteiger partial charge in [-0.3, -0.25) is 4.79 Å². The van der Waals surface area contributed by atoms with Gasteiger partial charge in [-0.15, -0.1) is 0 Å². The molecule has 0 fully saturated rings. The smallest absolute Gasteiger partial charge is 0.310 e. The number of hydrogen-bond donors (Lipinski definition) is 2. The fourth-order valence-corrected chi connectivity index (χ4v) is 2.26. The monoisotopic (exact) mass is 311 g/mol. The molecule has 1 unspecified atom stereocenters. The van der Waals surface area contributed by atoms with Gasteiger partial charge in [0.05, 0.1) is 6.42 Å². The second-order valence-electron chi connectivity index (χ2n) is 6.76. The van der Waals surface area contributed by atoms with Gasteiger partial charge in [-0.2, -0.15) is 0 Å². The highest BCUT2D eigenvalue weighted by molar-refractivity contribution is 5.71. The van der Waals surface area contributed by atoms with Gasteiger partial charge in [0.1, 0.15) is 11.2 Å². The molecule has 1 atom stereocenters. The van der Waals surface area contributed by atoms with Gasteiger partial charge < -0.3 is 15.6 Å². The molecule has 0 aliphatic rings. The minimum atomic E-state index is -1.01. The van der Waals surface area contributed by atoms with E-state index in [9.17, 15) is 9.90 Å². The topological polar surface area (TPSA) is 72.5 Å². The van der Waals surface area contributed by atoms with Crippen LogP contribution in [-0.4, -0.2) is 28.8 Å². The lowest BCUT2D eigenvalue weighted by Crippen LogP contribution is -2.32. The van der Waals surface area contributed by atoms with E-state index in [2.05, 4.69) is 0 Å². The summed E-state index contributed by atoms with van der Waals surface area (Å²) in [5.74, 6) is -0.283. The first kappa shape index (κ1) is 20.9. The number of allylic oxidation sites excluding steroid dienone is 1. The third-order valence-corrected chi connectivity index (χ3v) is 3.73. The van der Waals surface area contributed by atoms with Crippen LogP contribution in [0.4, 0.5) is 0 Å². The van der Waals surface area contributed by atoms with Crippen molar-refractivity contribution in [2.24, 2.45) is 5.73 Å². The van der Waals surface area contributed by atoms with E-state index in [0.29, 0.717) is 13.0 Å². The normalized spacial score (nSPS) is 16.4. The van der Waals surface area contributed by atoms with Crippen LogP contribution in [0.2, 0.25) is 0 Å². The molecule has 0 aromatic heterocycles. The van der Waals surface area contributed by atoms with Crippen molar-refractivity contribution < 1.29 is 14.6 Å². The van der Waals surface area contributed by atoms with Crippen LogP contribution in [0.5, 0.6) is 0 Å². The molecule has 0 amide bonds. The van der Waals surface area contributed by atoms with Crippen LogP contribution in [-0.2, 0) is 9.53 Å². The lowest BCUT2D eigenvalue weighted by atomic mass is 9.82. The van der Waals surface area contributed by atoms with Crippen molar-refractivity contribution in [2.45, 2.75) is 78.4 Å². The van der Waals surface area contributed by atoms with Gasteiger partial charge >= 0.3 is 5.97 Å². The van der Waals surface area contributed by atoms with Crippen LogP contribution in [0.25, 0.3) is 0 Å². The van der Waals surface area contributed by atoms with Crippen LogP contribution in [0.1, 0.15) is 67.2 Å². The molecular weight excluding hydrogens is 278 g/mol. The Bertz CT molecular complexity index is 419. The Balaban J connectivity index is 4.99. The summed E-state index contributed by atoms with van der Waals surface area (Å²) in [5.41, 5.74) is 5.70. The molecule has 3 N–H and O–H groups in total. The third-order valence-electron chi connectivity index (χ3n) is 3.73. The Labute approximate surface area is 135 Å². The maximum absolute atomic E-state index is 11.8. The molecule has 0 aliphatic heterocycles. The molecular formula is C18H33NO3. The van der Waals surface area contributed by atoms with Crippen LogP contribution in [0.3, 0.4) is 0 Å². The molecule has 0 saturated heterocycles. The molecule has 0 aromatic rings. The molecule has 0 bridgehead atoms. The predicted molar refractivity (Wildman–Crippen MR) is 91.5 cm³/mol. The molecule has 0 aromatic carbocycles. The van der Waals surface area contributed by atoms with Crippen molar-refractivity contribution in [1.82, 2.24) is 0 Å². The third kappa shape index (κ3) is 7.23. The first-order chi connectivity index (χ1) is 10.1. The zero-order valence-corrected chi connectivity index (χ0v) is 15.0. The molecule has 0 saturated carbocycles. The predicted octanol–water partition coefficient (Wildman–Crippen LogP) is 3.49. The molecule has 0 spiro atoms. The van der Waals surface area contributed by atoms with E-state index in [-0.39, 0.29) is 12.4 Å². The highest BCUT2D eigenvalue weighted by Crippen LogP contribution is 2.31. The Morgan fingerprint density at radius 1 is 1.18 bits per heavy atom. The number of unbranched alkanes of at least 4 members (excludes halogenated alkanes) is 1. The molecule has 0 radical (unpaired) electrons. The molecule has 128 valence electrons. The molecule has 0 rings (SSSR count). The van der Waals surface area contributed by atoms with Crippen molar-refractivity contribution in [1.29, 1.82) is 0 Å². The van der Waals surface area contributed by atoms with Gasteiger partial charge in [0.15, 0.2) is 0 Å². The van der Waals surface area contributed by atoms with Crippen molar-refractivity contribution in [3.05, 3.63) is 23.3 Å². The van der Waals surface area contributed by atoms with Crippen molar-refractivity contribution >= 4 is 5.97 Å². The Kier molecular flexibility index (Phi) is 8.64. The lowest BCUT2D eigenvalue weighted by molar-refractivity contribution is -0.153. The zero-order chi connectivity index (χ0) is 17.4.